The van der Waals surface area contributed by atoms with Crippen molar-refractivity contribution in [2.45, 2.75) is 44.7 Å². The lowest BCUT2D eigenvalue weighted by Gasteiger charge is -2.26. The average Bonchev–Trinajstić information content (AvgIpc) is 2.84. The summed E-state index contributed by atoms with van der Waals surface area (Å²) in [5.41, 5.74) is 7.24. The van der Waals surface area contributed by atoms with Gasteiger partial charge in [0.25, 0.3) is 0 Å². The molecule has 0 bridgehead atoms. The standard InChI is InChI=1S/C15H24N2/c1-2-14(12-7-4-3-5-8-12)17-15-10-6-9-13(15)11-16/h3-5,7-8,13-15,17H,2,6,9-11,16H2,1H3. The van der Waals surface area contributed by atoms with E-state index >= 15 is 0 Å². The Morgan fingerprint density at radius 1 is 1.29 bits per heavy atom. The zero-order chi connectivity index (χ0) is 12.1. The zero-order valence-corrected chi connectivity index (χ0v) is 10.7. The smallest absolute Gasteiger partial charge is 0.0320 e. The lowest BCUT2D eigenvalue weighted by Crippen LogP contribution is -2.38. The molecule has 1 aromatic rings. The van der Waals surface area contributed by atoms with Crippen LogP contribution in [0.15, 0.2) is 30.3 Å². The van der Waals surface area contributed by atoms with Crippen molar-refractivity contribution in [1.29, 1.82) is 0 Å². The van der Waals surface area contributed by atoms with E-state index in [1.807, 2.05) is 0 Å². The van der Waals surface area contributed by atoms with Gasteiger partial charge >= 0.3 is 0 Å². The van der Waals surface area contributed by atoms with Crippen LogP contribution in [-0.2, 0) is 0 Å². The van der Waals surface area contributed by atoms with Gasteiger partial charge in [0.15, 0.2) is 0 Å². The predicted molar refractivity (Wildman–Crippen MR) is 72.8 cm³/mol. The van der Waals surface area contributed by atoms with Gasteiger partial charge in [-0.1, -0.05) is 43.7 Å². The molecule has 2 heteroatoms. The molecule has 0 saturated heterocycles. The van der Waals surface area contributed by atoms with Crippen LogP contribution in [0, 0.1) is 5.92 Å². The summed E-state index contributed by atoms with van der Waals surface area (Å²) in [5, 5.41) is 3.80. The fraction of sp³-hybridized carbons (Fsp3) is 0.600. The molecule has 1 fully saturated rings. The van der Waals surface area contributed by atoms with E-state index in [1.54, 1.807) is 0 Å². The molecule has 1 saturated carbocycles. The molecular weight excluding hydrogens is 208 g/mol. The van der Waals surface area contributed by atoms with Crippen molar-refractivity contribution in [3.05, 3.63) is 35.9 Å². The number of hydrogen-bond acceptors (Lipinski definition) is 2. The molecule has 3 unspecified atom stereocenters. The van der Waals surface area contributed by atoms with Gasteiger partial charge in [0.05, 0.1) is 0 Å². The van der Waals surface area contributed by atoms with Crippen molar-refractivity contribution in [2.75, 3.05) is 6.54 Å². The minimum Gasteiger partial charge on any atom is -0.330 e. The van der Waals surface area contributed by atoms with Crippen LogP contribution in [0.25, 0.3) is 0 Å². The van der Waals surface area contributed by atoms with Crippen molar-refractivity contribution in [3.63, 3.8) is 0 Å². The lowest BCUT2D eigenvalue weighted by molar-refractivity contribution is 0.357. The molecule has 2 rings (SSSR count). The highest BCUT2D eigenvalue weighted by Crippen LogP contribution is 2.28. The molecule has 1 aliphatic carbocycles. The van der Waals surface area contributed by atoms with Crippen LogP contribution >= 0.6 is 0 Å². The summed E-state index contributed by atoms with van der Waals surface area (Å²) >= 11 is 0. The Kier molecular flexibility index (Phi) is 4.57. The van der Waals surface area contributed by atoms with E-state index in [-0.39, 0.29) is 0 Å². The van der Waals surface area contributed by atoms with Gasteiger partial charge in [-0.25, -0.2) is 0 Å². The molecule has 0 aliphatic heterocycles. The predicted octanol–water partition coefficient (Wildman–Crippen LogP) is 2.85. The summed E-state index contributed by atoms with van der Waals surface area (Å²) in [5.74, 6) is 0.674. The molecule has 94 valence electrons. The fourth-order valence-electron chi connectivity index (χ4n) is 2.93. The third kappa shape index (κ3) is 3.08. The molecular formula is C15H24N2. The second-order valence-corrected chi connectivity index (χ2v) is 5.07. The Morgan fingerprint density at radius 3 is 2.71 bits per heavy atom. The number of rotatable bonds is 5. The van der Waals surface area contributed by atoms with Crippen LogP contribution in [0.3, 0.4) is 0 Å². The van der Waals surface area contributed by atoms with E-state index in [4.69, 9.17) is 5.73 Å². The number of benzene rings is 1. The van der Waals surface area contributed by atoms with E-state index in [0.29, 0.717) is 18.0 Å². The summed E-state index contributed by atoms with van der Waals surface area (Å²) in [7, 11) is 0. The van der Waals surface area contributed by atoms with Crippen molar-refractivity contribution in [2.24, 2.45) is 11.7 Å². The van der Waals surface area contributed by atoms with E-state index in [1.165, 1.54) is 24.8 Å². The molecule has 0 heterocycles. The van der Waals surface area contributed by atoms with Gasteiger partial charge in [0.1, 0.15) is 0 Å². The molecule has 3 atom stereocenters. The Hall–Kier alpha value is -0.860. The normalized spacial score (nSPS) is 26.0. The molecule has 0 radical (unpaired) electrons. The second-order valence-electron chi connectivity index (χ2n) is 5.07. The summed E-state index contributed by atoms with van der Waals surface area (Å²) in [6, 6.07) is 11.8. The number of hydrogen-bond donors (Lipinski definition) is 2. The minimum absolute atomic E-state index is 0.480. The van der Waals surface area contributed by atoms with Crippen LogP contribution in [0.1, 0.15) is 44.2 Å². The zero-order valence-electron chi connectivity index (χ0n) is 10.7. The third-order valence-electron chi connectivity index (χ3n) is 3.99. The maximum Gasteiger partial charge on any atom is 0.0320 e. The Balaban J connectivity index is 2.00. The molecule has 1 aliphatic rings. The molecule has 0 spiro atoms. The first kappa shape index (κ1) is 12.6. The highest BCUT2D eigenvalue weighted by Gasteiger charge is 2.27. The van der Waals surface area contributed by atoms with E-state index in [9.17, 15) is 0 Å². The molecule has 2 nitrogen and oxygen atoms in total. The number of nitrogens with two attached hydrogens (primary N) is 1. The van der Waals surface area contributed by atoms with E-state index in [2.05, 4.69) is 42.6 Å². The van der Waals surface area contributed by atoms with Crippen LogP contribution in [0.2, 0.25) is 0 Å². The van der Waals surface area contributed by atoms with Crippen molar-refractivity contribution >= 4 is 0 Å². The monoisotopic (exact) mass is 232 g/mol. The topological polar surface area (TPSA) is 38.0 Å². The Labute approximate surface area is 105 Å². The van der Waals surface area contributed by atoms with E-state index < -0.39 is 0 Å². The Morgan fingerprint density at radius 2 is 2.06 bits per heavy atom. The van der Waals surface area contributed by atoms with Gasteiger partial charge in [-0.3, -0.25) is 0 Å². The van der Waals surface area contributed by atoms with Crippen LogP contribution in [0.5, 0.6) is 0 Å². The number of nitrogens with one attached hydrogen (secondary N) is 1. The SMILES string of the molecule is CCC(NC1CCCC1CN)c1ccccc1. The molecule has 17 heavy (non-hydrogen) atoms. The first-order valence-electron chi connectivity index (χ1n) is 6.86. The highest BCUT2D eigenvalue weighted by atomic mass is 15.0. The summed E-state index contributed by atoms with van der Waals surface area (Å²) < 4.78 is 0. The Bertz CT molecular complexity index is 323. The van der Waals surface area contributed by atoms with Gasteiger partial charge in [-0.15, -0.1) is 0 Å². The van der Waals surface area contributed by atoms with Gasteiger partial charge in [-0.05, 0) is 37.3 Å². The maximum atomic E-state index is 5.84. The summed E-state index contributed by atoms with van der Waals surface area (Å²) in [4.78, 5) is 0. The summed E-state index contributed by atoms with van der Waals surface area (Å²) in [6.45, 7) is 3.07. The van der Waals surface area contributed by atoms with E-state index in [0.717, 1.165) is 13.0 Å². The molecule has 3 N–H and O–H groups in total. The van der Waals surface area contributed by atoms with Gasteiger partial charge < -0.3 is 11.1 Å². The largest absolute Gasteiger partial charge is 0.330 e. The van der Waals surface area contributed by atoms with Gasteiger partial charge in [0, 0.05) is 12.1 Å². The second kappa shape index (κ2) is 6.18. The lowest BCUT2D eigenvalue weighted by atomic mass is 9.99. The van der Waals surface area contributed by atoms with Crippen LogP contribution in [-0.4, -0.2) is 12.6 Å². The maximum absolute atomic E-state index is 5.84. The first-order valence-corrected chi connectivity index (χ1v) is 6.86. The van der Waals surface area contributed by atoms with Gasteiger partial charge in [0.2, 0.25) is 0 Å². The molecule has 0 amide bonds. The van der Waals surface area contributed by atoms with Crippen molar-refractivity contribution < 1.29 is 0 Å². The molecule has 1 aromatic carbocycles. The summed E-state index contributed by atoms with van der Waals surface area (Å²) in [6.07, 6.45) is 5.03. The first-order chi connectivity index (χ1) is 8.35. The van der Waals surface area contributed by atoms with Crippen LogP contribution < -0.4 is 11.1 Å². The quantitative estimate of drug-likeness (QED) is 0.819. The highest BCUT2D eigenvalue weighted by molar-refractivity contribution is 5.19. The fourth-order valence-corrected chi connectivity index (χ4v) is 2.93. The molecule has 0 aromatic heterocycles. The van der Waals surface area contributed by atoms with Crippen LogP contribution in [0.4, 0.5) is 0 Å². The average molecular weight is 232 g/mol. The van der Waals surface area contributed by atoms with Crippen molar-refractivity contribution in [1.82, 2.24) is 5.32 Å². The van der Waals surface area contributed by atoms with Gasteiger partial charge in [-0.2, -0.15) is 0 Å². The third-order valence-corrected chi connectivity index (χ3v) is 3.99. The van der Waals surface area contributed by atoms with Crippen molar-refractivity contribution in [3.8, 4) is 0 Å². The minimum atomic E-state index is 0.480.